The van der Waals surface area contributed by atoms with Crippen LogP contribution in [0.5, 0.6) is 11.5 Å². The summed E-state index contributed by atoms with van der Waals surface area (Å²) in [5.41, 5.74) is 1.88. The van der Waals surface area contributed by atoms with E-state index in [0.29, 0.717) is 22.7 Å². The predicted octanol–water partition coefficient (Wildman–Crippen LogP) is 2.39. The molecule has 2 aliphatic heterocycles. The van der Waals surface area contributed by atoms with E-state index in [1.54, 1.807) is 24.3 Å². The Morgan fingerprint density at radius 3 is 2.50 bits per heavy atom. The van der Waals surface area contributed by atoms with Gasteiger partial charge in [-0.3, -0.25) is 4.79 Å². The quantitative estimate of drug-likeness (QED) is 0.590. The molecule has 0 bridgehead atoms. The number of carbonyl (C=O) groups is 3. The fourth-order valence-electron chi connectivity index (χ4n) is 4.31. The number of benzene rings is 2. The van der Waals surface area contributed by atoms with Gasteiger partial charge in [0.25, 0.3) is 0 Å². The molecule has 34 heavy (non-hydrogen) atoms. The Kier molecular flexibility index (Phi) is 6.60. The summed E-state index contributed by atoms with van der Waals surface area (Å²) in [7, 11) is 4.92. The Labute approximate surface area is 197 Å². The van der Waals surface area contributed by atoms with E-state index in [4.69, 9.17) is 14.2 Å². The monoisotopic (exact) mass is 469 g/mol. The Balaban J connectivity index is 1.50. The van der Waals surface area contributed by atoms with Crippen LogP contribution in [0.25, 0.3) is 0 Å². The lowest BCUT2D eigenvalue weighted by molar-refractivity contribution is -0.118. The molecule has 0 aliphatic carbocycles. The number of carboxylic acids is 1. The van der Waals surface area contributed by atoms with E-state index in [-0.39, 0.29) is 23.3 Å². The molecule has 2 aliphatic rings. The topological polar surface area (TPSA) is 118 Å². The molecule has 0 aromatic heterocycles. The van der Waals surface area contributed by atoms with Gasteiger partial charge < -0.3 is 34.4 Å². The Bertz CT molecular complexity index is 1130. The number of carboxylic acid groups (broad SMARTS) is 1. The second-order valence-corrected chi connectivity index (χ2v) is 8.24. The van der Waals surface area contributed by atoms with Crippen LogP contribution in [0, 0.1) is 0 Å². The molecule has 2 aromatic carbocycles. The highest BCUT2D eigenvalue weighted by Crippen LogP contribution is 2.43. The molecule has 0 radical (unpaired) electrons. The van der Waals surface area contributed by atoms with E-state index in [1.165, 1.54) is 20.3 Å². The molecule has 10 heteroatoms. The number of ether oxygens (including phenoxy) is 3. The summed E-state index contributed by atoms with van der Waals surface area (Å²) in [6, 6.07) is 8.18. The number of nitrogens with zero attached hydrogens (tertiary/aromatic N) is 2. The molecule has 2 N–H and O–H groups in total. The number of piperazine rings is 1. The average molecular weight is 469 g/mol. The van der Waals surface area contributed by atoms with Gasteiger partial charge in [-0.2, -0.15) is 0 Å². The molecule has 0 saturated carbocycles. The third-order valence-electron chi connectivity index (χ3n) is 6.10. The smallest absolute Gasteiger partial charge is 0.343 e. The standard InChI is InChI=1S/C24H27N3O7/c1-26-8-10-27(11-9-26)17-6-4-14(12-16(17)23(29)30)25-20(28)13-19-15-5-7-18(32-2)22(33-3)21(15)24(31)34-19/h4-7,12,19H,8-11,13H2,1-3H3,(H,25,28)(H,29,30)/t19-/m0/s1. The summed E-state index contributed by atoms with van der Waals surface area (Å²) in [6.07, 6.45) is -0.914. The number of esters is 1. The van der Waals surface area contributed by atoms with Crippen molar-refractivity contribution in [3.63, 3.8) is 0 Å². The van der Waals surface area contributed by atoms with Crippen LogP contribution in [0.4, 0.5) is 11.4 Å². The number of anilines is 2. The number of rotatable bonds is 7. The summed E-state index contributed by atoms with van der Waals surface area (Å²) in [4.78, 5) is 41.3. The first-order valence-corrected chi connectivity index (χ1v) is 10.9. The van der Waals surface area contributed by atoms with E-state index < -0.39 is 23.9 Å². The number of methoxy groups -OCH3 is 2. The Morgan fingerprint density at radius 2 is 1.85 bits per heavy atom. The van der Waals surface area contributed by atoms with Gasteiger partial charge >= 0.3 is 11.9 Å². The number of cyclic esters (lactones) is 1. The number of amides is 1. The molecular formula is C24H27N3O7. The highest BCUT2D eigenvalue weighted by molar-refractivity contribution is 6.00. The van der Waals surface area contributed by atoms with E-state index in [1.807, 2.05) is 11.9 Å². The minimum atomic E-state index is -1.07. The number of likely N-dealkylation sites (N-methyl/N-ethyl adjacent to an activating group) is 1. The highest BCUT2D eigenvalue weighted by atomic mass is 16.6. The lowest BCUT2D eigenvalue weighted by atomic mass is 10.0. The fourth-order valence-corrected chi connectivity index (χ4v) is 4.31. The summed E-state index contributed by atoms with van der Waals surface area (Å²) in [5, 5.41) is 12.5. The van der Waals surface area contributed by atoms with Crippen LogP contribution in [-0.4, -0.2) is 75.3 Å². The molecule has 1 amide bonds. The van der Waals surface area contributed by atoms with E-state index in [2.05, 4.69) is 10.2 Å². The number of carbonyl (C=O) groups excluding carboxylic acids is 2. The second kappa shape index (κ2) is 9.60. The lowest BCUT2D eigenvalue weighted by Gasteiger charge is -2.34. The van der Waals surface area contributed by atoms with Crippen LogP contribution in [-0.2, 0) is 9.53 Å². The predicted molar refractivity (Wildman–Crippen MR) is 124 cm³/mol. The van der Waals surface area contributed by atoms with Gasteiger partial charge in [0.1, 0.15) is 11.7 Å². The number of hydrogen-bond acceptors (Lipinski definition) is 8. The molecule has 1 atom stereocenters. The van der Waals surface area contributed by atoms with Crippen molar-refractivity contribution in [2.24, 2.45) is 0 Å². The number of nitrogens with one attached hydrogen (secondary N) is 1. The first kappa shape index (κ1) is 23.4. The first-order valence-electron chi connectivity index (χ1n) is 10.9. The van der Waals surface area contributed by atoms with E-state index in [9.17, 15) is 19.5 Å². The SMILES string of the molecule is COc1ccc2c(c1OC)C(=O)O[C@H]2CC(=O)Nc1ccc(N2CCN(C)CC2)c(C(=O)O)c1. The van der Waals surface area contributed by atoms with Gasteiger partial charge in [0, 0.05) is 37.4 Å². The van der Waals surface area contributed by atoms with Gasteiger partial charge in [0.05, 0.1) is 31.9 Å². The maximum atomic E-state index is 12.7. The van der Waals surface area contributed by atoms with Crippen LogP contribution < -0.4 is 19.7 Å². The number of fused-ring (bicyclic) bond motifs is 1. The first-order chi connectivity index (χ1) is 16.3. The van der Waals surface area contributed by atoms with Crippen molar-refractivity contribution in [1.82, 2.24) is 4.90 Å². The lowest BCUT2D eigenvalue weighted by Crippen LogP contribution is -2.45. The minimum Gasteiger partial charge on any atom is -0.493 e. The van der Waals surface area contributed by atoms with Crippen molar-refractivity contribution in [3.05, 3.63) is 47.0 Å². The van der Waals surface area contributed by atoms with Crippen LogP contribution >= 0.6 is 0 Å². The summed E-state index contributed by atoms with van der Waals surface area (Å²) < 4.78 is 16.0. The molecule has 2 aromatic rings. The maximum absolute atomic E-state index is 12.7. The van der Waals surface area contributed by atoms with Crippen LogP contribution in [0.2, 0.25) is 0 Å². The van der Waals surface area contributed by atoms with Crippen molar-refractivity contribution < 1.29 is 33.7 Å². The molecule has 180 valence electrons. The zero-order valence-electron chi connectivity index (χ0n) is 19.3. The molecule has 10 nitrogen and oxygen atoms in total. The van der Waals surface area contributed by atoms with Crippen molar-refractivity contribution >= 4 is 29.2 Å². The zero-order chi connectivity index (χ0) is 24.4. The summed E-state index contributed by atoms with van der Waals surface area (Å²) >= 11 is 0. The summed E-state index contributed by atoms with van der Waals surface area (Å²) in [6.45, 7) is 3.14. The third-order valence-corrected chi connectivity index (χ3v) is 6.10. The van der Waals surface area contributed by atoms with Crippen molar-refractivity contribution in [2.75, 3.05) is 57.7 Å². The van der Waals surface area contributed by atoms with Crippen molar-refractivity contribution in [3.8, 4) is 11.5 Å². The van der Waals surface area contributed by atoms with E-state index in [0.717, 1.165) is 26.2 Å². The number of hydrogen-bond donors (Lipinski definition) is 2. The molecular weight excluding hydrogens is 442 g/mol. The molecule has 0 unspecified atom stereocenters. The molecule has 2 heterocycles. The van der Waals surface area contributed by atoms with Gasteiger partial charge in [0.2, 0.25) is 5.91 Å². The van der Waals surface area contributed by atoms with Crippen LogP contribution in [0.1, 0.15) is 38.8 Å². The molecule has 1 saturated heterocycles. The van der Waals surface area contributed by atoms with Crippen LogP contribution in [0.15, 0.2) is 30.3 Å². The molecule has 1 fully saturated rings. The minimum absolute atomic E-state index is 0.122. The van der Waals surface area contributed by atoms with Gasteiger partial charge in [-0.05, 0) is 31.3 Å². The van der Waals surface area contributed by atoms with Crippen molar-refractivity contribution in [1.29, 1.82) is 0 Å². The van der Waals surface area contributed by atoms with Gasteiger partial charge in [0.15, 0.2) is 11.5 Å². The molecule has 0 spiro atoms. The second-order valence-electron chi connectivity index (χ2n) is 8.24. The number of aromatic carboxylic acids is 1. The van der Waals surface area contributed by atoms with Gasteiger partial charge in [-0.1, -0.05) is 6.07 Å². The largest absolute Gasteiger partial charge is 0.493 e. The Hall–Kier alpha value is -3.79. The van der Waals surface area contributed by atoms with E-state index >= 15 is 0 Å². The van der Waals surface area contributed by atoms with Crippen LogP contribution in [0.3, 0.4) is 0 Å². The van der Waals surface area contributed by atoms with Crippen molar-refractivity contribution in [2.45, 2.75) is 12.5 Å². The summed E-state index contributed by atoms with van der Waals surface area (Å²) in [5.74, 6) is -1.41. The molecule has 4 rings (SSSR count). The zero-order valence-corrected chi connectivity index (χ0v) is 19.3. The van der Waals surface area contributed by atoms with Gasteiger partial charge in [-0.15, -0.1) is 0 Å². The highest BCUT2D eigenvalue weighted by Gasteiger charge is 2.37. The van der Waals surface area contributed by atoms with Gasteiger partial charge in [-0.25, -0.2) is 9.59 Å². The third kappa shape index (κ3) is 4.49. The average Bonchev–Trinajstić information content (AvgIpc) is 3.13. The normalized spacial score (nSPS) is 17.7. The Morgan fingerprint density at radius 1 is 1.12 bits per heavy atom. The maximum Gasteiger partial charge on any atom is 0.343 e. The fraction of sp³-hybridized carbons (Fsp3) is 0.375.